The van der Waals surface area contributed by atoms with Gasteiger partial charge in [0.15, 0.2) is 0 Å². The van der Waals surface area contributed by atoms with Crippen molar-refractivity contribution in [3.8, 4) is 5.69 Å². The maximum Gasteiger partial charge on any atom is 0.126 e. The van der Waals surface area contributed by atoms with E-state index in [9.17, 15) is 4.39 Å². The Balaban J connectivity index is 2.40. The van der Waals surface area contributed by atoms with E-state index in [1.54, 1.807) is 29.9 Å². The van der Waals surface area contributed by atoms with Gasteiger partial charge in [-0.15, -0.1) is 5.10 Å². The van der Waals surface area contributed by atoms with Crippen molar-refractivity contribution in [3.05, 3.63) is 41.5 Å². The number of aryl methyl sites for hydroxylation is 1. The van der Waals surface area contributed by atoms with Crippen LogP contribution in [0, 0.1) is 12.7 Å². The van der Waals surface area contributed by atoms with E-state index in [2.05, 4.69) is 26.2 Å². The van der Waals surface area contributed by atoms with Crippen molar-refractivity contribution in [2.24, 2.45) is 0 Å². The molecule has 0 unspecified atom stereocenters. The van der Waals surface area contributed by atoms with Crippen LogP contribution in [-0.4, -0.2) is 15.0 Å². The lowest BCUT2D eigenvalue weighted by molar-refractivity contribution is 0.617. The topological polar surface area (TPSA) is 30.7 Å². The lowest BCUT2D eigenvalue weighted by Crippen LogP contribution is -1.96. The summed E-state index contributed by atoms with van der Waals surface area (Å²) >= 11 is 3.29. The monoisotopic (exact) mass is 269 g/mol. The predicted molar refractivity (Wildman–Crippen MR) is 58.7 cm³/mol. The Bertz CT molecular complexity index is 481. The molecule has 0 bridgehead atoms. The molecule has 0 fully saturated rings. The molecule has 78 valence electrons. The van der Waals surface area contributed by atoms with Crippen LogP contribution in [0.15, 0.2) is 24.4 Å². The van der Waals surface area contributed by atoms with E-state index in [1.165, 1.54) is 6.07 Å². The summed E-state index contributed by atoms with van der Waals surface area (Å²) in [5.41, 5.74) is 2.26. The van der Waals surface area contributed by atoms with Gasteiger partial charge in [0, 0.05) is 5.33 Å². The second-order valence-electron chi connectivity index (χ2n) is 3.22. The van der Waals surface area contributed by atoms with E-state index >= 15 is 0 Å². The SMILES string of the molecule is Cc1cc(-n2cc(CBr)nn2)ccc1F. The fourth-order valence-corrected chi connectivity index (χ4v) is 1.51. The average molecular weight is 270 g/mol. The molecule has 0 saturated heterocycles. The van der Waals surface area contributed by atoms with Crippen LogP contribution in [0.5, 0.6) is 0 Å². The van der Waals surface area contributed by atoms with Crippen molar-refractivity contribution >= 4 is 15.9 Å². The second kappa shape index (κ2) is 4.10. The summed E-state index contributed by atoms with van der Waals surface area (Å²) < 4.78 is 14.7. The van der Waals surface area contributed by atoms with E-state index in [0.717, 1.165) is 11.4 Å². The molecule has 1 aromatic carbocycles. The normalized spacial score (nSPS) is 10.6. The Kier molecular flexibility index (Phi) is 2.81. The molecule has 2 aromatic rings. The molecule has 0 aliphatic heterocycles. The minimum atomic E-state index is -0.209. The maximum absolute atomic E-state index is 13.0. The van der Waals surface area contributed by atoms with Gasteiger partial charge in [0.2, 0.25) is 0 Å². The first-order valence-electron chi connectivity index (χ1n) is 4.44. The van der Waals surface area contributed by atoms with Gasteiger partial charge in [-0.1, -0.05) is 21.1 Å². The van der Waals surface area contributed by atoms with Gasteiger partial charge in [0.25, 0.3) is 0 Å². The van der Waals surface area contributed by atoms with E-state index in [4.69, 9.17) is 0 Å². The van der Waals surface area contributed by atoms with Crippen LogP contribution in [0.2, 0.25) is 0 Å². The van der Waals surface area contributed by atoms with Crippen molar-refractivity contribution in [1.29, 1.82) is 0 Å². The molecule has 0 saturated carbocycles. The Labute approximate surface area is 95.0 Å². The van der Waals surface area contributed by atoms with Gasteiger partial charge in [-0.05, 0) is 30.7 Å². The third kappa shape index (κ3) is 2.07. The molecule has 15 heavy (non-hydrogen) atoms. The van der Waals surface area contributed by atoms with Crippen LogP contribution in [0.4, 0.5) is 4.39 Å². The molecule has 0 aliphatic carbocycles. The molecule has 5 heteroatoms. The largest absolute Gasteiger partial charge is 0.220 e. The highest BCUT2D eigenvalue weighted by Crippen LogP contribution is 2.13. The second-order valence-corrected chi connectivity index (χ2v) is 3.78. The van der Waals surface area contributed by atoms with Crippen molar-refractivity contribution in [1.82, 2.24) is 15.0 Å². The lowest BCUT2D eigenvalue weighted by atomic mass is 10.2. The molecule has 1 heterocycles. The molecule has 3 nitrogen and oxygen atoms in total. The van der Waals surface area contributed by atoms with Crippen molar-refractivity contribution in [2.45, 2.75) is 12.3 Å². The molecule has 0 aliphatic rings. The number of hydrogen-bond acceptors (Lipinski definition) is 2. The summed E-state index contributed by atoms with van der Waals surface area (Å²) in [4.78, 5) is 0. The first-order valence-corrected chi connectivity index (χ1v) is 5.56. The Morgan fingerprint density at radius 3 is 2.87 bits per heavy atom. The quantitative estimate of drug-likeness (QED) is 0.785. The van der Waals surface area contributed by atoms with Crippen molar-refractivity contribution in [2.75, 3.05) is 0 Å². The Morgan fingerprint density at radius 1 is 1.47 bits per heavy atom. The molecule has 2 rings (SSSR count). The molecule has 1 aromatic heterocycles. The summed E-state index contributed by atoms with van der Waals surface area (Å²) in [5.74, 6) is -0.209. The summed E-state index contributed by atoms with van der Waals surface area (Å²) in [6, 6.07) is 4.84. The summed E-state index contributed by atoms with van der Waals surface area (Å²) in [6.07, 6.45) is 1.81. The summed E-state index contributed by atoms with van der Waals surface area (Å²) in [7, 11) is 0. The van der Waals surface area contributed by atoms with Gasteiger partial charge < -0.3 is 0 Å². The van der Waals surface area contributed by atoms with E-state index in [0.29, 0.717) is 10.9 Å². The minimum absolute atomic E-state index is 0.209. The van der Waals surface area contributed by atoms with Crippen LogP contribution in [0.25, 0.3) is 5.69 Å². The van der Waals surface area contributed by atoms with Gasteiger partial charge in [0.05, 0.1) is 17.6 Å². The standard InChI is InChI=1S/C10H9BrFN3/c1-7-4-9(2-3-10(7)12)15-6-8(5-11)13-14-15/h2-4,6H,5H2,1H3. The molecule has 0 spiro atoms. The average Bonchev–Trinajstić information content (AvgIpc) is 2.70. The molecule has 0 radical (unpaired) electrons. The number of hydrogen-bond donors (Lipinski definition) is 0. The Morgan fingerprint density at radius 2 is 2.27 bits per heavy atom. The van der Waals surface area contributed by atoms with Crippen molar-refractivity contribution in [3.63, 3.8) is 0 Å². The van der Waals surface area contributed by atoms with E-state index < -0.39 is 0 Å². The van der Waals surface area contributed by atoms with E-state index in [-0.39, 0.29) is 5.82 Å². The van der Waals surface area contributed by atoms with Gasteiger partial charge in [0.1, 0.15) is 5.82 Å². The predicted octanol–water partition coefficient (Wildman–Crippen LogP) is 2.61. The number of halogens is 2. The van der Waals surface area contributed by atoms with Crippen molar-refractivity contribution < 1.29 is 4.39 Å². The fourth-order valence-electron chi connectivity index (χ4n) is 1.26. The molecule has 0 atom stereocenters. The third-order valence-electron chi connectivity index (χ3n) is 2.08. The van der Waals surface area contributed by atoms with Crippen LogP contribution in [0.1, 0.15) is 11.3 Å². The number of benzene rings is 1. The van der Waals surface area contributed by atoms with Gasteiger partial charge >= 0.3 is 0 Å². The van der Waals surface area contributed by atoms with Gasteiger partial charge in [-0.25, -0.2) is 9.07 Å². The van der Waals surface area contributed by atoms with Gasteiger partial charge in [-0.2, -0.15) is 0 Å². The van der Waals surface area contributed by atoms with Crippen LogP contribution in [-0.2, 0) is 5.33 Å². The minimum Gasteiger partial charge on any atom is -0.220 e. The zero-order valence-electron chi connectivity index (χ0n) is 8.11. The highest BCUT2D eigenvalue weighted by Gasteiger charge is 2.03. The number of alkyl halides is 1. The lowest BCUT2D eigenvalue weighted by Gasteiger charge is -2.01. The third-order valence-corrected chi connectivity index (χ3v) is 2.66. The number of nitrogens with zero attached hydrogens (tertiary/aromatic N) is 3. The fraction of sp³-hybridized carbons (Fsp3) is 0.200. The number of rotatable bonds is 2. The Hall–Kier alpha value is -1.23. The highest BCUT2D eigenvalue weighted by molar-refractivity contribution is 9.08. The van der Waals surface area contributed by atoms with Gasteiger partial charge in [-0.3, -0.25) is 0 Å². The summed E-state index contributed by atoms with van der Waals surface area (Å²) in [6.45, 7) is 1.72. The molecular weight excluding hydrogens is 261 g/mol. The zero-order chi connectivity index (χ0) is 10.8. The summed E-state index contributed by atoms with van der Waals surface area (Å²) in [5, 5.41) is 8.54. The maximum atomic E-state index is 13.0. The first kappa shape index (κ1) is 10.3. The van der Waals surface area contributed by atoms with Crippen LogP contribution >= 0.6 is 15.9 Å². The van der Waals surface area contributed by atoms with E-state index in [1.807, 2.05) is 0 Å². The first-order chi connectivity index (χ1) is 7.20. The smallest absolute Gasteiger partial charge is 0.126 e. The molecular formula is C10H9BrFN3. The highest BCUT2D eigenvalue weighted by atomic mass is 79.9. The zero-order valence-corrected chi connectivity index (χ0v) is 9.70. The van der Waals surface area contributed by atoms with Crippen LogP contribution in [0.3, 0.4) is 0 Å². The molecule has 0 amide bonds. The molecule has 0 N–H and O–H groups in total. The number of aromatic nitrogens is 3. The van der Waals surface area contributed by atoms with Crippen LogP contribution < -0.4 is 0 Å².